The van der Waals surface area contributed by atoms with Gasteiger partial charge in [-0.15, -0.1) is 0 Å². The molecule has 3 fully saturated rings. The van der Waals surface area contributed by atoms with Gasteiger partial charge in [0, 0.05) is 89.9 Å². The molecule has 4 atom stereocenters. The van der Waals surface area contributed by atoms with Gasteiger partial charge in [-0.3, -0.25) is 14.5 Å². The zero-order valence-corrected chi connectivity index (χ0v) is 29.0. The Bertz CT molecular complexity index is 1420. The molecule has 2 aromatic carbocycles. The van der Waals surface area contributed by atoms with E-state index >= 15 is 0 Å². The fourth-order valence-corrected chi connectivity index (χ4v) is 8.19. The Kier molecular flexibility index (Phi) is 12.1. The summed E-state index contributed by atoms with van der Waals surface area (Å²) in [5, 5.41) is 9.13. The van der Waals surface area contributed by atoms with Gasteiger partial charge in [0.05, 0.1) is 31.3 Å². The molecule has 9 nitrogen and oxygen atoms in total. The molecule has 49 heavy (non-hydrogen) atoms. The zero-order valence-electron chi connectivity index (χ0n) is 29.0. The van der Waals surface area contributed by atoms with E-state index in [4.69, 9.17) is 19.3 Å². The number of benzene rings is 2. The number of methoxy groups -OCH3 is 3. The fraction of sp³-hybridized carbons (Fsp3) is 0.622. The lowest BCUT2D eigenvalue weighted by Crippen LogP contribution is -2.40. The number of anilines is 1. The summed E-state index contributed by atoms with van der Waals surface area (Å²) in [5.74, 6) is -0.821. The summed E-state index contributed by atoms with van der Waals surface area (Å²) in [6.07, 6.45) is -0.0209. The highest BCUT2D eigenvalue weighted by Gasteiger charge is 2.46. The van der Waals surface area contributed by atoms with E-state index in [2.05, 4.69) is 4.90 Å². The minimum absolute atomic E-state index is 0.0134. The number of alkyl halides is 3. The van der Waals surface area contributed by atoms with Crippen molar-refractivity contribution in [2.75, 3.05) is 72.6 Å². The van der Waals surface area contributed by atoms with Crippen LogP contribution in [0.4, 0.5) is 18.9 Å². The lowest BCUT2D eigenvalue weighted by Gasteiger charge is -2.34. The van der Waals surface area contributed by atoms with Crippen LogP contribution in [0.1, 0.15) is 67.1 Å². The summed E-state index contributed by atoms with van der Waals surface area (Å²) in [6, 6.07) is 12.1. The molecule has 1 aliphatic carbocycles. The number of ether oxygens (including phenoxy) is 3. The average molecular weight is 690 g/mol. The van der Waals surface area contributed by atoms with Crippen molar-refractivity contribution in [3.63, 3.8) is 0 Å². The smallest absolute Gasteiger partial charge is 0.416 e. The Balaban J connectivity index is 1.42. The first-order valence-electron chi connectivity index (χ1n) is 17.3. The number of rotatable bonds is 13. The molecule has 0 unspecified atom stereocenters. The van der Waals surface area contributed by atoms with Crippen LogP contribution in [0.3, 0.4) is 0 Å². The van der Waals surface area contributed by atoms with Crippen LogP contribution >= 0.6 is 0 Å². The van der Waals surface area contributed by atoms with Gasteiger partial charge < -0.3 is 29.1 Å². The van der Waals surface area contributed by atoms with Gasteiger partial charge in [0.25, 0.3) is 0 Å². The molecule has 1 saturated carbocycles. The lowest BCUT2D eigenvalue weighted by atomic mass is 9.87. The number of likely N-dealkylation sites (tertiary alicyclic amines) is 2. The molecule has 270 valence electrons. The largest absolute Gasteiger partial charge is 0.497 e. The van der Waals surface area contributed by atoms with E-state index in [-0.39, 0.29) is 55.1 Å². The van der Waals surface area contributed by atoms with Gasteiger partial charge in [0.1, 0.15) is 5.75 Å². The van der Waals surface area contributed by atoms with Crippen LogP contribution < -0.4 is 9.64 Å². The molecule has 2 saturated heterocycles. The maximum Gasteiger partial charge on any atom is 0.416 e. The van der Waals surface area contributed by atoms with Gasteiger partial charge in [0.15, 0.2) is 0 Å². The first-order valence-corrected chi connectivity index (χ1v) is 17.3. The molecular weight excluding hydrogens is 639 g/mol. The molecular formula is C37H50F3N3O6. The summed E-state index contributed by atoms with van der Waals surface area (Å²) < 4.78 is 58.2. The van der Waals surface area contributed by atoms with Crippen molar-refractivity contribution in [1.29, 1.82) is 0 Å². The van der Waals surface area contributed by atoms with Crippen LogP contribution in [-0.2, 0) is 25.2 Å². The molecule has 0 radical (unpaired) electrons. The van der Waals surface area contributed by atoms with Crippen LogP contribution in [0, 0.1) is 11.8 Å². The number of carbonyl (C=O) groups excluding carboxylic acids is 1. The third-order valence-corrected chi connectivity index (χ3v) is 10.9. The molecule has 3 aliphatic rings. The number of aliphatic carboxylic acids is 1. The average Bonchev–Trinajstić information content (AvgIpc) is 3.73. The van der Waals surface area contributed by atoms with Crippen LogP contribution in [0.15, 0.2) is 42.5 Å². The summed E-state index contributed by atoms with van der Waals surface area (Å²) in [4.78, 5) is 31.8. The predicted molar refractivity (Wildman–Crippen MR) is 180 cm³/mol. The number of nitrogens with zero attached hydrogens (tertiary/aromatic N) is 3. The van der Waals surface area contributed by atoms with Gasteiger partial charge in [-0.1, -0.05) is 18.2 Å². The summed E-state index contributed by atoms with van der Waals surface area (Å²) in [6.45, 7) is 2.84. The Labute approximate surface area is 287 Å². The first kappa shape index (κ1) is 36.9. The van der Waals surface area contributed by atoms with Gasteiger partial charge in [-0.25, -0.2) is 0 Å². The van der Waals surface area contributed by atoms with E-state index in [9.17, 15) is 22.8 Å². The second kappa shape index (κ2) is 16.1. The third kappa shape index (κ3) is 8.69. The highest BCUT2D eigenvalue weighted by atomic mass is 19.4. The zero-order chi connectivity index (χ0) is 35.3. The van der Waals surface area contributed by atoms with Crippen molar-refractivity contribution in [2.45, 2.75) is 68.7 Å². The van der Waals surface area contributed by atoms with Crippen LogP contribution in [0.5, 0.6) is 5.75 Å². The number of carbonyl (C=O) groups is 2. The molecule has 0 spiro atoms. The number of hydrogen-bond donors (Lipinski definition) is 1. The SMILES string of the molecule is COC[C@H]1CN(C(=O)[C@@H]2CN([C@H]3CC[C@H](OC)CC3)C[C@H]2c2ccc(OC)cc2)C[C@@H]1c1ccc(C(F)(F)F)cc1N(C)CCCC(=O)O. The van der Waals surface area contributed by atoms with Crippen LogP contribution in [-0.4, -0.2) is 107 Å². The second-order valence-electron chi connectivity index (χ2n) is 13.9. The van der Waals surface area contributed by atoms with E-state index in [0.29, 0.717) is 43.5 Å². The molecule has 12 heteroatoms. The Morgan fingerprint density at radius 3 is 2.27 bits per heavy atom. The molecule has 2 aromatic rings. The van der Waals surface area contributed by atoms with Gasteiger partial charge in [-0.05, 0) is 67.5 Å². The second-order valence-corrected chi connectivity index (χ2v) is 13.9. The number of carboxylic acid groups (broad SMARTS) is 1. The summed E-state index contributed by atoms with van der Waals surface area (Å²) in [5.41, 5.74) is 1.43. The Hall–Kier alpha value is -3.35. The van der Waals surface area contributed by atoms with Crippen molar-refractivity contribution in [2.24, 2.45) is 11.8 Å². The van der Waals surface area contributed by atoms with Gasteiger partial charge >= 0.3 is 12.1 Å². The van der Waals surface area contributed by atoms with Crippen molar-refractivity contribution < 1.29 is 42.1 Å². The normalized spacial score (nSPS) is 26.2. The van der Waals surface area contributed by atoms with E-state index in [1.54, 1.807) is 33.3 Å². The molecule has 1 N–H and O–H groups in total. The van der Waals surface area contributed by atoms with Gasteiger partial charge in [-0.2, -0.15) is 13.2 Å². The lowest BCUT2D eigenvalue weighted by molar-refractivity contribution is -0.138. The number of halogens is 3. The monoisotopic (exact) mass is 689 g/mol. The number of carboxylic acids is 1. The maximum absolute atomic E-state index is 14.6. The van der Waals surface area contributed by atoms with Crippen molar-refractivity contribution >= 4 is 17.6 Å². The van der Waals surface area contributed by atoms with Crippen LogP contribution in [0.2, 0.25) is 0 Å². The molecule has 0 aromatic heterocycles. The van der Waals surface area contributed by atoms with E-state index < -0.39 is 17.7 Å². The van der Waals surface area contributed by atoms with Crippen molar-refractivity contribution in [3.05, 3.63) is 59.2 Å². The number of hydrogen-bond acceptors (Lipinski definition) is 7. The maximum atomic E-state index is 14.6. The molecule has 2 heterocycles. The summed E-state index contributed by atoms with van der Waals surface area (Å²) >= 11 is 0. The molecule has 1 amide bonds. The Morgan fingerprint density at radius 1 is 0.939 bits per heavy atom. The van der Waals surface area contributed by atoms with Crippen molar-refractivity contribution in [1.82, 2.24) is 9.80 Å². The highest BCUT2D eigenvalue weighted by Crippen LogP contribution is 2.44. The topological polar surface area (TPSA) is 91.8 Å². The van der Waals surface area contributed by atoms with E-state index in [0.717, 1.165) is 55.7 Å². The van der Waals surface area contributed by atoms with Gasteiger partial charge in [0.2, 0.25) is 5.91 Å². The quantitative estimate of drug-likeness (QED) is 0.279. The van der Waals surface area contributed by atoms with Crippen LogP contribution in [0.25, 0.3) is 0 Å². The standard InChI is InChI=1S/C37H50F3N3O6/c1-41(17-5-6-35(44)45)34-18-26(37(38,39)40)9-16-30(34)32-21-43(19-25(32)23-47-2)36(46)33-22-42(27-10-14-29(49-4)15-11-27)20-31(33)24-7-12-28(48-3)13-8-24/h7-9,12-13,16,18,25,27,29,31-33H,5-6,10-11,14-15,17,19-23H2,1-4H3,(H,44,45)/t25-,27-,29-,31+,32+,33-/m1/s1. The summed E-state index contributed by atoms with van der Waals surface area (Å²) in [7, 11) is 6.68. The minimum atomic E-state index is -4.54. The minimum Gasteiger partial charge on any atom is -0.497 e. The fourth-order valence-electron chi connectivity index (χ4n) is 8.19. The molecule has 2 aliphatic heterocycles. The van der Waals surface area contributed by atoms with E-state index in [1.807, 2.05) is 29.2 Å². The first-order chi connectivity index (χ1) is 23.4. The number of amides is 1. The molecule has 0 bridgehead atoms. The molecule has 5 rings (SSSR count). The third-order valence-electron chi connectivity index (χ3n) is 10.9. The van der Waals surface area contributed by atoms with E-state index in [1.165, 1.54) is 6.07 Å². The highest BCUT2D eigenvalue weighted by molar-refractivity contribution is 5.81. The predicted octanol–water partition coefficient (Wildman–Crippen LogP) is 5.88. The van der Waals surface area contributed by atoms with Crippen molar-refractivity contribution in [3.8, 4) is 5.75 Å². The Morgan fingerprint density at radius 2 is 1.65 bits per heavy atom.